The Labute approximate surface area is 140 Å². The zero-order chi connectivity index (χ0) is 10.8. The minimum atomic E-state index is 0. The Kier molecular flexibility index (Phi) is 10.6. The summed E-state index contributed by atoms with van der Waals surface area (Å²) in [6.45, 7) is 4.37. The molecule has 1 aliphatic carbocycles. The Balaban J connectivity index is 0. The minimum Gasteiger partial charge on any atom is -1.00 e. The molecule has 0 spiro atoms. The average molecular weight is 338 g/mol. The minimum absolute atomic E-state index is 0. The molecule has 1 aromatic carbocycles. The first-order valence-corrected chi connectivity index (χ1v) is 6.11. The van der Waals surface area contributed by atoms with Crippen LogP contribution in [-0.4, -0.2) is 0 Å². The van der Waals surface area contributed by atoms with Gasteiger partial charge in [0.25, 0.3) is 0 Å². The third-order valence-electron chi connectivity index (χ3n) is 2.94. The summed E-state index contributed by atoms with van der Waals surface area (Å²) < 4.78 is 1.45. The molecule has 0 heterocycles. The van der Waals surface area contributed by atoms with E-state index in [0.717, 1.165) is 12.8 Å². The van der Waals surface area contributed by atoms with Crippen LogP contribution in [0.15, 0.2) is 39.8 Å². The second-order valence-corrected chi connectivity index (χ2v) is 5.07. The van der Waals surface area contributed by atoms with Gasteiger partial charge < -0.3 is 37.2 Å². The summed E-state index contributed by atoms with van der Waals surface area (Å²) in [5, 5.41) is 0. The van der Waals surface area contributed by atoms with Crippen molar-refractivity contribution < 1.29 is 57.7 Å². The van der Waals surface area contributed by atoms with Gasteiger partial charge in [-0.15, -0.1) is 0 Å². The van der Waals surface area contributed by atoms with Crippen molar-refractivity contribution in [3.63, 3.8) is 0 Å². The molecule has 18 heavy (non-hydrogen) atoms. The molecule has 1 aliphatic rings. The van der Waals surface area contributed by atoms with E-state index in [1.54, 1.807) is 5.57 Å². The second-order valence-electron chi connectivity index (χ2n) is 4.23. The monoisotopic (exact) mass is 336 g/mol. The molecule has 0 aromatic heterocycles. The fourth-order valence-corrected chi connectivity index (χ4v) is 2.42. The second kappa shape index (κ2) is 9.23. The number of rotatable bonds is 2. The molecular weight excluding hydrogens is 322 g/mol. The summed E-state index contributed by atoms with van der Waals surface area (Å²) in [6.07, 6.45) is 6.75. The Morgan fingerprint density at radius 3 is 2.33 bits per heavy atom. The third kappa shape index (κ3) is 5.11. The Morgan fingerprint density at radius 2 is 1.78 bits per heavy atom. The molecule has 4 heteroatoms. The quantitative estimate of drug-likeness (QED) is 0.473. The van der Waals surface area contributed by atoms with Gasteiger partial charge >= 0.3 is 104 Å². The number of hydrogen-bond acceptors (Lipinski definition) is 0. The van der Waals surface area contributed by atoms with Gasteiger partial charge in [-0.2, -0.15) is 0 Å². The average Bonchev–Trinajstić information content (AvgIpc) is 2.58. The zero-order valence-corrected chi connectivity index (χ0v) is 14.3. The van der Waals surface area contributed by atoms with Crippen molar-refractivity contribution in [2.45, 2.75) is 26.7 Å². The van der Waals surface area contributed by atoms with Gasteiger partial charge in [-0.05, 0) is 0 Å². The molecule has 96 valence electrons. The molecule has 2 rings (SSSR count). The van der Waals surface area contributed by atoms with Gasteiger partial charge in [0.1, 0.15) is 0 Å². The van der Waals surface area contributed by atoms with Gasteiger partial charge in [0.2, 0.25) is 0 Å². The van der Waals surface area contributed by atoms with E-state index in [9.17, 15) is 0 Å². The van der Waals surface area contributed by atoms with E-state index in [-0.39, 0.29) is 37.2 Å². The molecule has 0 atom stereocenters. The fraction of sp³-hybridized carbons (Fsp3) is 0.286. The molecule has 0 radical (unpaired) electrons. The predicted octanol–water partition coefficient (Wildman–Crippen LogP) is -5.38. The number of halogens is 3. The van der Waals surface area contributed by atoms with E-state index in [0.29, 0.717) is 0 Å². The maximum absolute atomic E-state index is 2.31. The Hall–Kier alpha value is 0.284. The van der Waals surface area contributed by atoms with E-state index in [1.807, 2.05) is 0 Å². The molecule has 0 fully saturated rings. The Morgan fingerprint density at radius 1 is 1.11 bits per heavy atom. The van der Waals surface area contributed by atoms with Gasteiger partial charge in [0.05, 0.1) is 0 Å². The van der Waals surface area contributed by atoms with Crippen molar-refractivity contribution in [1.82, 2.24) is 0 Å². The molecule has 0 saturated carbocycles. The third-order valence-corrected chi connectivity index (χ3v) is 3.75. The topological polar surface area (TPSA) is 0 Å². The van der Waals surface area contributed by atoms with E-state index >= 15 is 0 Å². The Bertz CT molecular complexity index is 450. The fourth-order valence-electron chi connectivity index (χ4n) is 1.93. The van der Waals surface area contributed by atoms with Crippen LogP contribution in [0.4, 0.5) is 0 Å². The van der Waals surface area contributed by atoms with Crippen molar-refractivity contribution in [3.05, 3.63) is 56.5 Å². The first-order chi connectivity index (χ1) is 7.16. The van der Waals surface area contributed by atoms with Crippen LogP contribution in [0.3, 0.4) is 0 Å². The normalized spacial score (nSPS) is 12.7. The van der Waals surface area contributed by atoms with Crippen LogP contribution in [0.1, 0.15) is 23.1 Å². The van der Waals surface area contributed by atoms with Gasteiger partial charge in [0, 0.05) is 0 Å². The van der Waals surface area contributed by atoms with E-state index < -0.39 is 0 Å². The van der Waals surface area contributed by atoms with Crippen molar-refractivity contribution >= 4 is 0 Å². The largest absolute Gasteiger partial charge is 1.00 e. The van der Waals surface area contributed by atoms with Crippen LogP contribution in [0.5, 0.6) is 0 Å². The van der Waals surface area contributed by atoms with Gasteiger partial charge in [-0.1, -0.05) is 0 Å². The van der Waals surface area contributed by atoms with Gasteiger partial charge in [-0.25, -0.2) is 0 Å². The van der Waals surface area contributed by atoms with Crippen molar-refractivity contribution in [2.75, 3.05) is 0 Å². The van der Waals surface area contributed by atoms with E-state index in [2.05, 4.69) is 64.6 Å². The van der Waals surface area contributed by atoms with Gasteiger partial charge in [-0.3, -0.25) is 0 Å². The van der Waals surface area contributed by atoms with Crippen LogP contribution < -0.4 is 37.2 Å². The zero-order valence-electron chi connectivity index (χ0n) is 10.4. The molecule has 0 bridgehead atoms. The standard InChI is InChI=1S/C14H15.3ClH.Ti/c1-11-7-8-12(2)14(9-11)10-13-5-3-4-6-13;;;;/h3-4,7-9H,5,10H2,1-2H3;3*1H;/q;;;;+3/p-3. The first kappa shape index (κ1) is 20.6. The van der Waals surface area contributed by atoms with Crippen molar-refractivity contribution in [2.24, 2.45) is 0 Å². The van der Waals surface area contributed by atoms with Crippen LogP contribution >= 0.6 is 0 Å². The SMILES string of the molecule is Cc1ccc(C)c(CC2=[C]([Ti+3])C=CC2)c1.[Cl-].[Cl-].[Cl-]. The maximum Gasteiger partial charge on any atom is -1.00 e. The van der Waals surface area contributed by atoms with Crippen LogP contribution in [-0.2, 0) is 26.9 Å². The summed E-state index contributed by atoms with van der Waals surface area (Å²) in [5.74, 6) is 0. The van der Waals surface area contributed by atoms with Crippen LogP contribution in [0.25, 0.3) is 0 Å². The number of allylic oxidation sites excluding steroid dienone is 4. The van der Waals surface area contributed by atoms with E-state index in [1.165, 1.54) is 20.6 Å². The molecule has 0 saturated heterocycles. The predicted molar refractivity (Wildman–Crippen MR) is 60.4 cm³/mol. The van der Waals surface area contributed by atoms with Crippen LogP contribution in [0.2, 0.25) is 0 Å². The summed E-state index contributed by atoms with van der Waals surface area (Å²) in [7, 11) is 0. The molecule has 0 amide bonds. The number of benzene rings is 1. The van der Waals surface area contributed by atoms with Crippen LogP contribution in [0, 0.1) is 13.8 Å². The molecule has 0 aliphatic heterocycles. The molecule has 1 aromatic rings. The van der Waals surface area contributed by atoms with E-state index in [4.69, 9.17) is 0 Å². The number of hydrogen-bond donors (Lipinski definition) is 0. The number of aryl methyl sites for hydroxylation is 2. The van der Waals surface area contributed by atoms with Gasteiger partial charge in [0.15, 0.2) is 0 Å². The smallest absolute Gasteiger partial charge is 1.00 e. The summed E-state index contributed by atoms with van der Waals surface area (Å²) in [6, 6.07) is 6.73. The maximum atomic E-state index is 2.31. The first-order valence-electron chi connectivity index (χ1n) is 5.33. The van der Waals surface area contributed by atoms with Crippen molar-refractivity contribution in [1.29, 1.82) is 0 Å². The molecular formula is C14H15Cl3Ti. The van der Waals surface area contributed by atoms with Crippen molar-refractivity contribution in [3.8, 4) is 0 Å². The summed E-state index contributed by atoms with van der Waals surface area (Å²) in [4.78, 5) is 0. The molecule has 0 unspecified atom stereocenters. The summed E-state index contributed by atoms with van der Waals surface area (Å²) in [5.41, 5.74) is 5.82. The summed E-state index contributed by atoms with van der Waals surface area (Å²) >= 11 is 2.21. The molecule has 0 nitrogen and oxygen atoms in total. The molecule has 0 N–H and O–H groups in total.